The van der Waals surface area contributed by atoms with Crippen molar-refractivity contribution in [3.63, 3.8) is 0 Å². The van der Waals surface area contributed by atoms with Gasteiger partial charge in [-0.1, -0.05) is 26.0 Å². The molecule has 2 aromatic rings. The Bertz CT molecular complexity index is 781. The Morgan fingerprint density at radius 3 is 2.59 bits per heavy atom. The molecule has 5 heteroatoms. The monoisotopic (exact) mass is 367 g/mol. The average molecular weight is 367 g/mol. The van der Waals surface area contributed by atoms with Gasteiger partial charge in [-0.25, -0.2) is 9.97 Å². The number of methoxy groups -OCH3 is 1. The van der Waals surface area contributed by atoms with Crippen molar-refractivity contribution in [3.05, 3.63) is 53.1 Å². The highest BCUT2D eigenvalue weighted by Crippen LogP contribution is 2.40. The van der Waals surface area contributed by atoms with Crippen molar-refractivity contribution < 1.29 is 9.47 Å². The lowest BCUT2D eigenvalue weighted by Crippen LogP contribution is -2.47. The first kappa shape index (κ1) is 18.4. The van der Waals surface area contributed by atoms with E-state index in [1.807, 2.05) is 18.3 Å². The molecule has 1 aromatic carbocycles. The maximum atomic E-state index is 6.36. The first-order chi connectivity index (χ1) is 13.1. The number of nitrogens with zero attached hydrogens (tertiary/aromatic N) is 3. The fraction of sp³-hybridized carbons (Fsp3) is 0.545. The molecule has 2 aliphatic heterocycles. The summed E-state index contributed by atoms with van der Waals surface area (Å²) in [4.78, 5) is 12.0. The van der Waals surface area contributed by atoms with Crippen LogP contribution in [0, 0.1) is 0 Å². The maximum absolute atomic E-state index is 6.36. The van der Waals surface area contributed by atoms with Crippen LogP contribution in [-0.4, -0.2) is 41.7 Å². The van der Waals surface area contributed by atoms with Crippen LogP contribution in [0.3, 0.4) is 0 Å². The molecule has 0 saturated carbocycles. The van der Waals surface area contributed by atoms with Crippen molar-refractivity contribution in [2.45, 2.75) is 51.2 Å². The minimum atomic E-state index is -0.226. The predicted molar refractivity (Wildman–Crippen MR) is 105 cm³/mol. The van der Waals surface area contributed by atoms with Crippen LogP contribution in [0.5, 0.6) is 5.75 Å². The summed E-state index contributed by atoms with van der Waals surface area (Å²) in [6.45, 7) is 8.08. The smallest absolute Gasteiger partial charge is 0.131 e. The zero-order valence-corrected chi connectivity index (χ0v) is 16.6. The molecule has 0 amide bonds. The van der Waals surface area contributed by atoms with Crippen molar-refractivity contribution >= 4 is 0 Å². The molecule has 0 atom stereocenters. The molecule has 27 heavy (non-hydrogen) atoms. The summed E-state index contributed by atoms with van der Waals surface area (Å²) in [5, 5.41) is 0. The summed E-state index contributed by atoms with van der Waals surface area (Å²) in [5.74, 6) is 2.17. The van der Waals surface area contributed by atoms with Gasteiger partial charge in [-0.05, 0) is 42.5 Å². The summed E-state index contributed by atoms with van der Waals surface area (Å²) in [5.41, 5.74) is 3.52. The molecule has 1 aromatic heterocycles. The number of rotatable bonds is 4. The van der Waals surface area contributed by atoms with Crippen molar-refractivity contribution in [2.75, 3.05) is 26.8 Å². The number of benzene rings is 1. The zero-order valence-electron chi connectivity index (χ0n) is 16.6. The van der Waals surface area contributed by atoms with Crippen molar-refractivity contribution in [1.82, 2.24) is 14.9 Å². The van der Waals surface area contributed by atoms with Gasteiger partial charge in [0.1, 0.15) is 17.2 Å². The zero-order chi connectivity index (χ0) is 18.9. The summed E-state index contributed by atoms with van der Waals surface area (Å²) >= 11 is 0. The number of hydrogen-bond acceptors (Lipinski definition) is 5. The number of aromatic nitrogens is 2. The van der Waals surface area contributed by atoms with E-state index < -0.39 is 0 Å². The Kier molecular flexibility index (Phi) is 5.15. The molecule has 0 radical (unpaired) electrons. The molecule has 1 fully saturated rings. The second kappa shape index (κ2) is 7.56. The highest BCUT2D eigenvalue weighted by Gasteiger charge is 2.42. The van der Waals surface area contributed by atoms with Crippen LogP contribution >= 0.6 is 0 Å². The van der Waals surface area contributed by atoms with Crippen molar-refractivity contribution in [3.8, 4) is 5.75 Å². The Hall–Kier alpha value is -1.98. The molecule has 1 spiro atoms. The molecular formula is C22H29N3O2. The lowest BCUT2D eigenvalue weighted by Gasteiger charge is -2.44. The maximum Gasteiger partial charge on any atom is 0.131 e. The van der Waals surface area contributed by atoms with Gasteiger partial charge in [0, 0.05) is 31.7 Å². The molecule has 5 nitrogen and oxygen atoms in total. The Morgan fingerprint density at radius 1 is 1.19 bits per heavy atom. The van der Waals surface area contributed by atoms with Gasteiger partial charge in [0.2, 0.25) is 0 Å². The van der Waals surface area contributed by atoms with Crippen LogP contribution < -0.4 is 4.74 Å². The molecular weight excluding hydrogens is 338 g/mol. The number of hydrogen-bond donors (Lipinski definition) is 0. The number of fused-ring (bicyclic) bond motifs is 2. The van der Waals surface area contributed by atoms with E-state index in [0.717, 1.165) is 62.8 Å². The van der Waals surface area contributed by atoms with Gasteiger partial charge in [-0.15, -0.1) is 0 Å². The van der Waals surface area contributed by atoms with E-state index >= 15 is 0 Å². The van der Waals surface area contributed by atoms with E-state index in [2.05, 4.69) is 35.9 Å². The second-order valence-electron chi connectivity index (χ2n) is 7.97. The largest absolute Gasteiger partial charge is 0.497 e. The van der Waals surface area contributed by atoms with E-state index in [-0.39, 0.29) is 5.60 Å². The van der Waals surface area contributed by atoms with Gasteiger partial charge >= 0.3 is 0 Å². The molecule has 2 aliphatic rings. The van der Waals surface area contributed by atoms with Crippen LogP contribution in [0.15, 0.2) is 30.5 Å². The molecule has 3 heterocycles. The highest BCUT2D eigenvalue weighted by molar-refractivity contribution is 5.29. The topological polar surface area (TPSA) is 47.5 Å². The summed E-state index contributed by atoms with van der Waals surface area (Å²) in [6.07, 6.45) is 4.94. The van der Waals surface area contributed by atoms with Gasteiger partial charge < -0.3 is 9.47 Å². The summed E-state index contributed by atoms with van der Waals surface area (Å²) in [6, 6.07) is 8.37. The molecule has 0 unspecified atom stereocenters. The van der Waals surface area contributed by atoms with E-state index in [1.165, 1.54) is 11.1 Å². The van der Waals surface area contributed by atoms with Gasteiger partial charge in [0.15, 0.2) is 0 Å². The highest BCUT2D eigenvalue weighted by atomic mass is 16.5. The molecule has 1 saturated heterocycles. The predicted octanol–water partition coefficient (Wildman–Crippen LogP) is 3.67. The van der Waals surface area contributed by atoms with E-state index in [9.17, 15) is 0 Å². The third kappa shape index (κ3) is 3.71. The minimum absolute atomic E-state index is 0.226. The molecule has 4 rings (SSSR count). The van der Waals surface area contributed by atoms with Crippen molar-refractivity contribution in [2.24, 2.45) is 0 Å². The second-order valence-corrected chi connectivity index (χ2v) is 7.97. The number of piperidine rings is 1. The number of likely N-dealkylation sites (tertiary alicyclic amines) is 1. The first-order valence-corrected chi connectivity index (χ1v) is 9.95. The molecule has 0 bridgehead atoms. The Balaban J connectivity index is 1.47. The van der Waals surface area contributed by atoms with Crippen LogP contribution in [0.1, 0.15) is 55.3 Å². The molecule has 0 N–H and O–H groups in total. The van der Waals surface area contributed by atoms with Gasteiger partial charge in [-0.3, -0.25) is 4.90 Å². The quantitative estimate of drug-likeness (QED) is 0.825. The third-order valence-corrected chi connectivity index (χ3v) is 5.81. The average Bonchev–Trinajstić information content (AvgIpc) is 2.70. The fourth-order valence-corrected chi connectivity index (χ4v) is 4.14. The van der Waals surface area contributed by atoms with Crippen LogP contribution in [-0.2, 0) is 23.3 Å². The van der Waals surface area contributed by atoms with Crippen LogP contribution in [0.25, 0.3) is 0 Å². The van der Waals surface area contributed by atoms with Gasteiger partial charge in [0.25, 0.3) is 0 Å². The Morgan fingerprint density at radius 2 is 1.93 bits per heavy atom. The molecule has 144 valence electrons. The lowest BCUT2D eigenvalue weighted by atomic mass is 9.83. The molecule has 0 aliphatic carbocycles. The van der Waals surface area contributed by atoms with Gasteiger partial charge in [0.05, 0.1) is 19.4 Å². The standard InChI is InChI=1S/C22H29N3O2/c1-16(2)21-23-14-18-8-13-27-22(20(18)24-21)9-11-25(12-10-22)15-17-4-6-19(26-3)7-5-17/h4-7,14,16H,8-13,15H2,1-3H3. The number of ether oxygens (including phenoxy) is 2. The first-order valence-electron chi connectivity index (χ1n) is 9.95. The lowest BCUT2D eigenvalue weighted by molar-refractivity contribution is -0.102. The van der Waals surface area contributed by atoms with E-state index in [1.54, 1.807) is 7.11 Å². The van der Waals surface area contributed by atoms with Crippen LogP contribution in [0.4, 0.5) is 0 Å². The normalized spacial score (nSPS) is 19.3. The Labute approximate surface area is 161 Å². The van der Waals surface area contributed by atoms with Crippen LogP contribution in [0.2, 0.25) is 0 Å². The third-order valence-electron chi connectivity index (χ3n) is 5.81. The van der Waals surface area contributed by atoms with Gasteiger partial charge in [-0.2, -0.15) is 0 Å². The van der Waals surface area contributed by atoms with Crippen molar-refractivity contribution in [1.29, 1.82) is 0 Å². The van der Waals surface area contributed by atoms with E-state index in [0.29, 0.717) is 5.92 Å². The van der Waals surface area contributed by atoms with E-state index in [4.69, 9.17) is 14.5 Å². The summed E-state index contributed by atoms with van der Waals surface area (Å²) < 4.78 is 11.6. The fourth-order valence-electron chi connectivity index (χ4n) is 4.14. The SMILES string of the molecule is COc1ccc(CN2CCC3(CC2)OCCc2cnc(C(C)C)nc23)cc1. The summed E-state index contributed by atoms with van der Waals surface area (Å²) in [7, 11) is 1.70. The minimum Gasteiger partial charge on any atom is -0.497 e.